The molecule has 4 rings (SSSR count). The fourth-order valence-electron chi connectivity index (χ4n) is 3.13. The summed E-state index contributed by atoms with van der Waals surface area (Å²) in [6.45, 7) is 1.58. The number of nitriles is 1. The number of oxazole rings is 1. The van der Waals surface area contributed by atoms with Crippen LogP contribution in [0, 0.1) is 11.3 Å². The molecule has 32 heavy (non-hydrogen) atoms. The van der Waals surface area contributed by atoms with Crippen LogP contribution in [0.5, 0.6) is 17.4 Å². The Morgan fingerprint density at radius 3 is 2.66 bits per heavy atom. The van der Waals surface area contributed by atoms with Crippen molar-refractivity contribution in [2.75, 3.05) is 25.1 Å². The highest BCUT2D eigenvalue weighted by molar-refractivity contribution is 5.85. The van der Waals surface area contributed by atoms with Gasteiger partial charge >= 0.3 is 0 Å². The van der Waals surface area contributed by atoms with E-state index in [1.165, 1.54) is 6.20 Å². The van der Waals surface area contributed by atoms with Crippen molar-refractivity contribution in [1.82, 2.24) is 9.97 Å². The standard InChI is InChI=1S/C23H21N5O3.ClH/c1-29-21-12-16(6-8-20(21)30-22-9-7-17(13-25)14-26-22)15-28(11-10-24)23-27-18-4-2-3-5-19(18)31-23;/h2-9,12,14H,10-11,15,24H2,1H3;1H. The Kier molecular flexibility index (Phi) is 7.49. The third kappa shape index (κ3) is 5.09. The van der Waals surface area contributed by atoms with Gasteiger partial charge in [-0.15, -0.1) is 12.4 Å². The molecule has 9 heteroatoms. The van der Waals surface area contributed by atoms with Crippen LogP contribution in [0.1, 0.15) is 11.1 Å². The van der Waals surface area contributed by atoms with Crippen LogP contribution in [-0.2, 0) is 6.54 Å². The Labute approximate surface area is 191 Å². The highest BCUT2D eigenvalue weighted by atomic mass is 35.5. The zero-order valence-electron chi connectivity index (χ0n) is 17.4. The number of methoxy groups -OCH3 is 1. The van der Waals surface area contributed by atoms with Crippen molar-refractivity contribution < 1.29 is 13.9 Å². The Morgan fingerprint density at radius 2 is 1.97 bits per heavy atom. The average molecular weight is 452 g/mol. The second-order valence-corrected chi connectivity index (χ2v) is 6.76. The maximum absolute atomic E-state index is 8.89. The molecular formula is C23H22ClN5O3. The minimum Gasteiger partial charge on any atom is -0.493 e. The molecule has 0 saturated heterocycles. The molecule has 0 unspecified atom stereocenters. The van der Waals surface area contributed by atoms with Crippen LogP contribution in [0.25, 0.3) is 11.1 Å². The molecule has 0 aliphatic carbocycles. The van der Waals surface area contributed by atoms with Gasteiger partial charge in [0.2, 0.25) is 5.88 Å². The molecule has 0 amide bonds. The number of ether oxygens (including phenoxy) is 2. The monoisotopic (exact) mass is 451 g/mol. The average Bonchev–Trinajstić information content (AvgIpc) is 3.24. The number of pyridine rings is 1. The predicted molar refractivity (Wildman–Crippen MR) is 123 cm³/mol. The summed E-state index contributed by atoms with van der Waals surface area (Å²) in [6, 6.07) is 19.1. The van der Waals surface area contributed by atoms with Crippen LogP contribution in [0.4, 0.5) is 6.01 Å². The topological polar surface area (TPSA) is 110 Å². The van der Waals surface area contributed by atoms with Crippen molar-refractivity contribution in [1.29, 1.82) is 5.26 Å². The highest BCUT2D eigenvalue weighted by Crippen LogP contribution is 2.32. The quantitative estimate of drug-likeness (QED) is 0.422. The molecule has 164 valence electrons. The number of aromatic nitrogens is 2. The molecule has 0 saturated carbocycles. The normalized spacial score (nSPS) is 10.3. The van der Waals surface area contributed by atoms with Crippen LogP contribution in [0.15, 0.2) is 65.2 Å². The molecule has 8 nitrogen and oxygen atoms in total. The first kappa shape index (κ1) is 22.9. The fraction of sp³-hybridized carbons (Fsp3) is 0.174. The number of anilines is 1. The molecule has 0 aliphatic rings. The maximum Gasteiger partial charge on any atom is 0.298 e. The number of nitrogens with two attached hydrogens (primary N) is 1. The molecule has 0 spiro atoms. The van der Waals surface area contributed by atoms with Gasteiger partial charge in [0.15, 0.2) is 17.1 Å². The number of nitrogens with zero attached hydrogens (tertiary/aromatic N) is 4. The van der Waals surface area contributed by atoms with Gasteiger partial charge in [-0.2, -0.15) is 10.2 Å². The number of hydrogen-bond acceptors (Lipinski definition) is 8. The van der Waals surface area contributed by atoms with Crippen LogP contribution in [0.3, 0.4) is 0 Å². The van der Waals surface area contributed by atoms with Gasteiger partial charge in [0.25, 0.3) is 6.01 Å². The molecule has 0 aliphatic heterocycles. The van der Waals surface area contributed by atoms with E-state index in [0.29, 0.717) is 48.6 Å². The molecule has 2 aromatic carbocycles. The molecule has 0 radical (unpaired) electrons. The van der Waals surface area contributed by atoms with E-state index in [2.05, 4.69) is 9.97 Å². The molecule has 2 heterocycles. The van der Waals surface area contributed by atoms with Gasteiger partial charge in [-0.25, -0.2) is 4.98 Å². The first-order valence-electron chi connectivity index (χ1n) is 9.71. The predicted octanol–water partition coefficient (Wildman–Crippen LogP) is 4.28. The molecule has 0 bridgehead atoms. The van der Waals surface area contributed by atoms with E-state index in [0.717, 1.165) is 16.7 Å². The van der Waals surface area contributed by atoms with E-state index in [4.69, 9.17) is 24.9 Å². The van der Waals surface area contributed by atoms with Gasteiger partial charge in [-0.05, 0) is 35.9 Å². The Balaban J connectivity index is 0.00000289. The summed E-state index contributed by atoms with van der Waals surface area (Å²) in [5, 5.41) is 8.89. The number of fused-ring (bicyclic) bond motifs is 1. The van der Waals surface area contributed by atoms with Crippen molar-refractivity contribution in [3.8, 4) is 23.4 Å². The first-order valence-corrected chi connectivity index (χ1v) is 9.71. The zero-order valence-corrected chi connectivity index (χ0v) is 18.2. The lowest BCUT2D eigenvalue weighted by atomic mass is 10.2. The summed E-state index contributed by atoms with van der Waals surface area (Å²) in [5.74, 6) is 1.46. The van der Waals surface area contributed by atoms with Crippen LogP contribution in [0.2, 0.25) is 0 Å². The van der Waals surface area contributed by atoms with E-state index < -0.39 is 0 Å². The molecule has 0 atom stereocenters. The number of halogens is 1. The third-order valence-corrected chi connectivity index (χ3v) is 4.63. The van der Waals surface area contributed by atoms with Crippen molar-refractivity contribution in [3.63, 3.8) is 0 Å². The minimum absolute atomic E-state index is 0. The molecule has 2 aromatic heterocycles. The van der Waals surface area contributed by atoms with Crippen molar-refractivity contribution in [2.24, 2.45) is 5.73 Å². The highest BCUT2D eigenvalue weighted by Gasteiger charge is 2.16. The number of rotatable bonds is 8. The van der Waals surface area contributed by atoms with Crippen molar-refractivity contribution >= 4 is 29.5 Å². The van der Waals surface area contributed by atoms with E-state index in [1.807, 2.05) is 53.4 Å². The second kappa shape index (κ2) is 10.5. The number of hydrogen-bond donors (Lipinski definition) is 1. The third-order valence-electron chi connectivity index (χ3n) is 4.63. The van der Waals surface area contributed by atoms with Crippen molar-refractivity contribution in [3.05, 3.63) is 71.9 Å². The Bertz CT molecular complexity index is 1190. The van der Waals surface area contributed by atoms with Gasteiger partial charge in [-0.1, -0.05) is 18.2 Å². The summed E-state index contributed by atoms with van der Waals surface area (Å²) in [5.41, 5.74) is 8.80. The number of para-hydroxylation sites is 2. The largest absolute Gasteiger partial charge is 0.493 e. The van der Waals surface area contributed by atoms with Crippen molar-refractivity contribution in [2.45, 2.75) is 6.54 Å². The van der Waals surface area contributed by atoms with E-state index >= 15 is 0 Å². The number of benzene rings is 2. The SMILES string of the molecule is COc1cc(CN(CCN)c2nc3ccccc3o2)ccc1Oc1ccc(C#N)cn1.Cl. The molecule has 0 fully saturated rings. The maximum atomic E-state index is 8.89. The summed E-state index contributed by atoms with van der Waals surface area (Å²) in [6.07, 6.45) is 1.46. The lowest BCUT2D eigenvalue weighted by molar-refractivity contribution is 0.373. The van der Waals surface area contributed by atoms with Crippen LogP contribution >= 0.6 is 12.4 Å². The van der Waals surface area contributed by atoms with Gasteiger partial charge in [0, 0.05) is 31.9 Å². The van der Waals surface area contributed by atoms with Crippen LogP contribution < -0.4 is 20.1 Å². The smallest absolute Gasteiger partial charge is 0.298 e. The lowest BCUT2D eigenvalue weighted by Crippen LogP contribution is -2.29. The van der Waals surface area contributed by atoms with E-state index in [-0.39, 0.29) is 12.4 Å². The Hall–Kier alpha value is -3.80. The Morgan fingerprint density at radius 1 is 1.12 bits per heavy atom. The fourth-order valence-corrected chi connectivity index (χ4v) is 3.13. The first-order chi connectivity index (χ1) is 15.2. The lowest BCUT2D eigenvalue weighted by Gasteiger charge is -2.20. The molecule has 4 aromatic rings. The van der Waals surface area contributed by atoms with Gasteiger partial charge in [0.05, 0.1) is 12.7 Å². The summed E-state index contributed by atoms with van der Waals surface area (Å²) >= 11 is 0. The summed E-state index contributed by atoms with van der Waals surface area (Å²) in [4.78, 5) is 10.7. The minimum atomic E-state index is 0. The second-order valence-electron chi connectivity index (χ2n) is 6.76. The van der Waals surface area contributed by atoms with Gasteiger partial charge in [-0.3, -0.25) is 0 Å². The zero-order chi connectivity index (χ0) is 21.6. The van der Waals surface area contributed by atoms with E-state index in [1.54, 1.807) is 19.2 Å². The summed E-state index contributed by atoms with van der Waals surface area (Å²) in [7, 11) is 1.58. The summed E-state index contributed by atoms with van der Waals surface area (Å²) < 4.78 is 17.2. The van der Waals surface area contributed by atoms with Gasteiger partial charge < -0.3 is 24.5 Å². The van der Waals surface area contributed by atoms with E-state index in [9.17, 15) is 0 Å². The van der Waals surface area contributed by atoms with Gasteiger partial charge in [0.1, 0.15) is 11.6 Å². The molecular weight excluding hydrogens is 430 g/mol. The van der Waals surface area contributed by atoms with Crippen LogP contribution in [-0.4, -0.2) is 30.2 Å². The molecule has 2 N–H and O–H groups in total.